The zero-order chi connectivity index (χ0) is 17.3. The van der Waals surface area contributed by atoms with Gasteiger partial charge in [-0.2, -0.15) is 4.99 Å². The molecule has 0 bridgehead atoms. The quantitative estimate of drug-likeness (QED) is 0.613. The average molecular weight is 405 g/mol. The second-order valence-corrected chi connectivity index (χ2v) is 6.88. The maximum atomic E-state index is 12.4. The average Bonchev–Trinajstić information content (AvgIpc) is 2.89. The number of aryl methyl sites for hydroxylation is 1. The van der Waals surface area contributed by atoms with Crippen molar-refractivity contribution in [2.45, 2.75) is 0 Å². The summed E-state index contributed by atoms with van der Waals surface area (Å²) in [7, 11) is 3.18. The molecule has 0 saturated carbocycles. The van der Waals surface area contributed by atoms with Crippen LogP contribution in [0.15, 0.2) is 51.9 Å². The Bertz CT molecular complexity index is 1020. The Hall–Kier alpha value is -2.25. The fourth-order valence-electron chi connectivity index (χ4n) is 2.27. The van der Waals surface area contributed by atoms with Crippen molar-refractivity contribution >= 4 is 49.4 Å². The van der Waals surface area contributed by atoms with Gasteiger partial charge in [0, 0.05) is 11.5 Å². The number of halogens is 1. The highest BCUT2D eigenvalue weighted by molar-refractivity contribution is 9.10. The largest absolute Gasteiger partial charge is 0.465 e. The first-order valence-electron chi connectivity index (χ1n) is 7.02. The number of esters is 1. The van der Waals surface area contributed by atoms with Gasteiger partial charge in [0.05, 0.1) is 28.5 Å². The van der Waals surface area contributed by atoms with E-state index in [4.69, 9.17) is 4.74 Å². The molecule has 0 atom stereocenters. The minimum atomic E-state index is -0.393. The third-order valence-corrected chi connectivity index (χ3v) is 5.32. The van der Waals surface area contributed by atoms with Gasteiger partial charge in [-0.15, -0.1) is 0 Å². The number of benzene rings is 2. The smallest absolute Gasteiger partial charge is 0.337 e. The molecule has 3 aromatic rings. The first kappa shape index (κ1) is 16.6. The van der Waals surface area contributed by atoms with Crippen LogP contribution in [-0.2, 0) is 11.8 Å². The van der Waals surface area contributed by atoms with Crippen LogP contribution in [0.2, 0.25) is 0 Å². The SMILES string of the molecule is COC(=O)c1ccc2c(c1)sc(=NC(=O)c1ccccc1Br)n2C. The van der Waals surface area contributed by atoms with E-state index >= 15 is 0 Å². The maximum absolute atomic E-state index is 12.4. The Morgan fingerprint density at radius 3 is 2.67 bits per heavy atom. The summed E-state index contributed by atoms with van der Waals surface area (Å²) in [5.41, 5.74) is 1.87. The standard InChI is InChI=1S/C17H13BrN2O3S/c1-20-13-8-7-10(16(22)23-2)9-14(13)24-17(20)19-15(21)11-5-3-4-6-12(11)18/h3-9H,1-2H3. The van der Waals surface area contributed by atoms with Crippen LogP contribution >= 0.6 is 27.3 Å². The number of fused-ring (bicyclic) bond motifs is 1. The highest BCUT2D eigenvalue weighted by Crippen LogP contribution is 2.20. The van der Waals surface area contributed by atoms with Crippen LogP contribution in [-0.4, -0.2) is 23.6 Å². The van der Waals surface area contributed by atoms with Gasteiger partial charge >= 0.3 is 5.97 Å². The topological polar surface area (TPSA) is 60.7 Å². The number of amides is 1. The Morgan fingerprint density at radius 2 is 1.96 bits per heavy atom. The predicted molar refractivity (Wildman–Crippen MR) is 96.2 cm³/mol. The lowest BCUT2D eigenvalue weighted by molar-refractivity contribution is 0.0601. The molecule has 5 nitrogen and oxygen atoms in total. The fraction of sp³-hybridized carbons (Fsp3) is 0.118. The molecule has 0 aliphatic carbocycles. The molecule has 24 heavy (non-hydrogen) atoms. The van der Waals surface area contributed by atoms with E-state index in [2.05, 4.69) is 20.9 Å². The van der Waals surface area contributed by atoms with Gasteiger partial charge in [0.2, 0.25) is 0 Å². The van der Waals surface area contributed by atoms with E-state index < -0.39 is 5.97 Å². The molecule has 7 heteroatoms. The molecule has 1 aromatic heterocycles. The maximum Gasteiger partial charge on any atom is 0.337 e. The molecule has 0 N–H and O–H groups in total. The molecule has 0 saturated heterocycles. The summed E-state index contributed by atoms with van der Waals surface area (Å²) in [6, 6.07) is 12.4. The van der Waals surface area contributed by atoms with Crippen LogP contribution in [0.3, 0.4) is 0 Å². The number of nitrogens with zero attached hydrogens (tertiary/aromatic N) is 2. The first-order valence-corrected chi connectivity index (χ1v) is 8.63. The van der Waals surface area contributed by atoms with Crippen molar-refractivity contribution < 1.29 is 14.3 Å². The van der Waals surface area contributed by atoms with Gasteiger partial charge in [0.1, 0.15) is 0 Å². The molecule has 122 valence electrons. The minimum absolute atomic E-state index is 0.321. The van der Waals surface area contributed by atoms with Crippen molar-refractivity contribution in [2.24, 2.45) is 12.0 Å². The van der Waals surface area contributed by atoms with Gasteiger partial charge in [0.25, 0.3) is 5.91 Å². The highest BCUT2D eigenvalue weighted by atomic mass is 79.9. The van der Waals surface area contributed by atoms with Crippen molar-refractivity contribution in [2.75, 3.05) is 7.11 Å². The lowest BCUT2D eigenvalue weighted by atomic mass is 10.2. The number of thiazole rings is 1. The second-order valence-electron chi connectivity index (χ2n) is 5.01. The molecule has 0 spiro atoms. The van der Waals surface area contributed by atoms with Gasteiger partial charge in [-0.05, 0) is 46.3 Å². The Morgan fingerprint density at radius 1 is 1.21 bits per heavy atom. The van der Waals surface area contributed by atoms with Gasteiger partial charge in [-0.3, -0.25) is 4.79 Å². The molecule has 1 heterocycles. The van der Waals surface area contributed by atoms with Crippen LogP contribution in [0.4, 0.5) is 0 Å². The monoisotopic (exact) mass is 404 g/mol. The number of hydrogen-bond acceptors (Lipinski definition) is 4. The number of methoxy groups -OCH3 is 1. The Labute approximate surface area is 150 Å². The molecule has 2 aromatic carbocycles. The van der Waals surface area contributed by atoms with Gasteiger partial charge in [-0.25, -0.2) is 4.79 Å². The lowest BCUT2D eigenvalue weighted by Gasteiger charge is -2.00. The Kier molecular flexibility index (Phi) is 4.64. The van der Waals surface area contributed by atoms with E-state index in [0.717, 1.165) is 10.2 Å². The van der Waals surface area contributed by atoms with Crippen LogP contribution < -0.4 is 4.80 Å². The first-order chi connectivity index (χ1) is 11.5. The van der Waals surface area contributed by atoms with Crippen molar-refractivity contribution in [1.82, 2.24) is 4.57 Å². The van der Waals surface area contributed by atoms with Crippen LogP contribution in [0.25, 0.3) is 10.2 Å². The van der Waals surface area contributed by atoms with Crippen LogP contribution in [0.5, 0.6) is 0 Å². The van der Waals surface area contributed by atoms with Gasteiger partial charge in [0.15, 0.2) is 4.80 Å². The molecule has 0 unspecified atom stereocenters. The predicted octanol–water partition coefficient (Wildman–Crippen LogP) is 3.53. The summed E-state index contributed by atoms with van der Waals surface area (Å²) in [5, 5.41) is 0. The van der Waals surface area contributed by atoms with Gasteiger partial charge < -0.3 is 9.30 Å². The Balaban J connectivity index is 2.09. The van der Waals surface area contributed by atoms with E-state index in [9.17, 15) is 9.59 Å². The summed E-state index contributed by atoms with van der Waals surface area (Å²) in [6.45, 7) is 0. The summed E-state index contributed by atoms with van der Waals surface area (Å²) in [6.07, 6.45) is 0. The number of hydrogen-bond donors (Lipinski definition) is 0. The molecular weight excluding hydrogens is 392 g/mol. The number of ether oxygens (including phenoxy) is 1. The summed E-state index contributed by atoms with van der Waals surface area (Å²) >= 11 is 4.71. The van der Waals surface area contributed by atoms with E-state index in [1.165, 1.54) is 18.4 Å². The number of carbonyl (C=O) groups is 2. The van der Waals surface area contributed by atoms with E-state index in [1.807, 2.05) is 23.7 Å². The molecule has 3 rings (SSSR count). The molecular formula is C17H13BrN2O3S. The fourth-order valence-corrected chi connectivity index (χ4v) is 3.78. The van der Waals surface area contributed by atoms with Crippen LogP contribution in [0.1, 0.15) is 20.7 Å². The third kappa shape index (κ3) is 3.05. The molecule has 0 aliphatic heterocycles. The van der Waals surface area contributed by atoms with Crippen LogP contribution in [0, 0.1) is 0 Å². The third-order valence-electron chi connectivity index (χ3n) is 3.53. The van der Waals surface area contributed by atoms with Crippen molar-refractivity contribution in [3.05, 3.63) is 62.9 Å². The number of carbonyl (C=O) groups excluding carboxylic acids is 2. The van der Waals surface area contributed by atoms with Crippen molar-refractivity contribution in [3.63, 3.8) is 0 Å². The minimum Gasteiger partial charge on any atom is -0.465 e. The van der Waals surface area contributed by atoms with Gasteiger partial charge in [-0.1, -0.05) is 23.5 Å². The molecule has 0 fully saturated rings. The highest BCUT2D eigenvalue weighted by Gasteiger charge is 2.12. The summed E-state index contributed by atoms with van der Waals surface area (Å²) < 4.78 is 8.13. The number of aromatic nitrogens is 1. The molecule has 1 amide bonds. The van der Waals surface area contributed by atoms with Crippen molar-refractivity contribution in [3.8, 4) is 0 Å². The molecule has 0 radical (unpaired) electrons. The zero-order valence-electron chi connectivity index (χ0n) is 12.9. The van der Waals surface area contributed by atoms with E-state index in [1.54, 1.807) is 30.3 Å². The second kappa shape index (κ2) is 6.70. The zero-order valence-corrected chi connectivity index (χ0v) is 15.3. The van der Waals surface area contributed by atoms with E-state index in [-0.39, 0.29) is 5.91 Å². The normalized spacial score (nSPS) is 11.7. The summed E-state index contributed by atoms with van der Waals surface area (Å²) in [5.74, 6) is -0.714. The van der Waals surface area contributed by atoms with Crippen molar-refractivity contribution in [1.29, 1.82) is 0 Å². The number of rotatable bonds is 2. The van der Waals surface area contributed by atoms with E-state index in [0.29, 0.717) is 20.4 Å². The lowest BCUT2D eigenvalue weighted by Crippen LogP contribution is -2.13. The summed E-state index contributed by atoms with van der Waals surface area (Å²) in [4.78, 5) is 28.8. The molecule has 0 aliphatic rings.